The molecule has 0 bridgehead atoms. The third-order valence-electron chi connectivity index (χ3n) is 7.93. The highest BCUT2D eigenvalue weighted by atomic mass is 32.1. The number of rotatable bonds is 10. The molecule has 7 nitrogen and oxygen atoms in total. The number of benzene rings is 2. The van der Waals surface area contributed by atoms with Crippen molar-refractivity contribution in [3.05, 3.63) is 107 Å². The van der Waals surface area contributed by atoms with Gasteiger partial charge in [-0.05, 0) is 112 Å². The Labute approximate surface area is 252 Å². The number of anilines is 2. The normalized spacial score (nSPS) is 16.4. The summed E-state index contributed by atoms with van der Waals surface area (Å²) in [6.45, 7) is 10.9. The van der Waals surface area contributed by atoms with E-state index in [1.807, 2.05) is 18.2 Å². The zero-order valence-corrected chi connectivity index (χ0v) is 25.3. The maximum Gasteiger partial charge on any atom is 0.226 e. The molecule has 1 aliphatic rings. The molecule has 0 aliphatic carbocycles. The van der Waals surface area contributed by atoms with Crippen molar-refractivity contribution < 1.29 is 9.18 Å². The smallest absolute Gasteiger partial charge is 0.226 e. The zero-order chi connectivity index (χ0) is 29.8. The Bertz CT molecular complexity index is 1530. The summed E-state index contributed by atoms with van der Waals surface area (Å²) in [6.07, 6.45) is 2.01. The molecule has 1 amide bonds. The number of hydrogen-bond acceptors (Lipinski definition) is 4. The van der Waals surface area contributed by atoms with E-state index in [0.29, 0.717) is 17.3 Å². The van der Waals surface area contributed by atoms with E-state index in [-0.39, 0.29) is 30.2 Å². The van der Waals surface area contributed by atoms with Gasteiger partial charge in [-0.3, -0.25) is 9.78 Å². The molecule has 1 saturated heterocycles. The van der Waals surface area contributed by atoms with Crippen molar-refractivity contribution in [3.63, 3.8) is 0 Å². The van der Waals surface area contributed by atoms with Crippen LogP contribution >= 0.6 is 12.2 Å². The average Bonchev–Trinajstić information content (AvgIpc) is 3.48. The highest BCUT2D eigenvalue weighted by molar-refractivity contribution is 7.80. The molecule has 1 aliphatic heterocycles. The highest BCUT2D eigenvalue weighted by Gasteiger charge is 2.41. The number of aryl methyl sites for hydroxylation is 1. The van der Waals surface area contributed by atoms with Gasteiger partial charge < -0.3 is 25.0 Å². The van der Waals surface area contributed by atoms with Gasteiger partial charge in [0.05, 0.1) is 17.8 Å². The van der Waals surface area contributed by atoms with Gasteiger partial charge in [0, 0.05) is 60.7 Å². The molecular weight excluding hydrogens is 547 g/mol. The van der Waals surface area contributed by atoms with Crippen LogP contribution in [0.2, 0.25) is 0 Å². The molecule has 0 radical (unpaired) electrons. The van der Waals surface area contributed by atoms with Gasteiger partial charge >= 0.3 is 0 Å². The molecule has 0 unspecified atom stereocenters. The minimum atomic E-state index is -0.345. The third-order valence-corrected chi connectivity index (χ3v) is 8.28. The number of hydrogen-bond donors (Lipinski definition) is 2. The first-order chi connectivity index (χ1) is 20.3. The topological polar surface area (TPSA) is 65.4 Å². The Morgan fingerprint density at radius 2 is 1.76 bits per heavy atom. The van der Waals surface area contributed by atoms with E-state index in [2.05, 4.69) is 88.0 Å². The lowest BCUT2D eigenvalue weighted by molar-refractivity contribution is -0.116. The fraction of sp³-hybridized carbons (Fsp3) is 0.303. The quantitative estimate of drug-likeness (QED) is 0.208. The van der Waals surface area contributed by atoms with Crippen molar-refractivity contribution in [2.24, 2.45) is 0 Å². The van der Waals surface area contributed by atoms with Crippen molar-refractivity contribution in [3.8, 4) is 5.69 Å². The van der Waals surface area contributed by atoms with Crippen LogP contribution in [0.25, 0.3) is 5.69 Å². The number of nitrogens with zero attached hydrogens (tertiary/aromatic N) is 4. The second kappa shape index (κ2) is 12.7. The first-order valence-corrected chi connectivity index (χ1v) is 14.8. The van der Waals surface area contributed by atoms with Crippen LogP contribution in [0, 0.1) is 19.7 Å². The summed E-state index contributed by atoms with van der Waals surface area (Å²) in [5.74, 6) is -0.509. The van der Waals surface area contributed by atoms with Crippen molar-refractivity contribution in [1.29, 1.82) is 0 Å². The number of nitrogens with one attached hydrogen (secondary N) is 2. The van der Waals surface area contributed by atoms with Crippen molar-refractivity contribution in [1.82, 2.24) is 19.8 Å². The third kappa shape index (κ3) is 6.01. The van der Waals surface area contributed by atoms with E-state index >= 15 is 0 Å². The number of aromatic nitrogens is 2. The second-order valence-corrected chi connectivity index (χ2v) is 10.9. The zero-order valence-electron chi connectivity index (χ0n) is 24.5. The van der Waals surface area contributed by atoms with E-state index in [4.69, 9.17) is 12.2 Å². The number of amides is 1. The minimum absolute atomic E-state index is 0.164. The SMILES string of the molecule is CCN(CC)c1ccc(-n2c(C)cc([C@@H]3[C@H](c4ccccn4)NC(=S)N3CCC(=O)Nc3ccc(F)cc3)c2C)cc1. The predicted molar refractivity (Wildman–Crippen MR) is 171 cm³/mol. The van der Waals surface area contributed by atoms with Gasteiger partial charge in [0.2, 0.25) is 5.91 Å². The van der Waals surface area contributed by atoms with Crippen LogP contribution in [0.1, 0.15) is 55.0 Å². The highest BCUT2D eigenvalue weighted by Crippen LogP contribution is 2.41. The first-order valence-electron chi connectivity index (χ1n) is 14.4. The standard InChI is InChI=1S/C33H37FN6OS/c1-5-38(6-2)26-14-16-27(17-15-26)40-22(3)21-28(23(40)4)32-31(29-9-7-8-19-35-29)37-33(42)39(32)20-18-30(41)36-25-12-10-24(34)11-13-25/h7-17,19,21,31-32H,5-6,18,20H2,1-4H3,(H,36,41)(H,37,42)/t31-,32+/m0/s1. The molecule has 42 heavy (non-hydrogen) atoms. The summed E-state index contributed by atoms with van der Waals surface area (Å²) < 4.78 is 15.6. The first kappa shape index (κ1) is 29.3. The van der Waals surface area contributed by atoms with Crippen LogP contribution in [-0.2, 0) is 4.79 Å². The van der Waals surface area contributed by atoms with Gasteiger partial charge in [0.1, 0.15) is 5.82 Å². The van der Waals surface area contributed by atoms with Crippen molar-refractivity contribution in [2.75, 3.05) is 29.9 Å². The lowest BCUT2D eigenvalue weighted by atomic mass is 9.96. The monoisotopic (exact) mass is 584 g/mol. The molecule has 0 spiro atoms. The largest absolute Gasteiger partial charge is 0.372 e. The Hall–Kier alpha value is -4.24. The fourth-order valence-electron chi connectivity index (χ4n) is 5.85. The van der Waals surface area contributed by atoms with E-state index in [9.17, 15) is 9.18 Å². The summed E-state index contributed by atoms with van der Waals surface area (Å²) in [4.78, 5) is 21.9. The number of carbonyl (C=O) groups is 1. The Balaban J connectivity index is 1.45. The lowest BCUT2D eigenvalue weighted by Gasteiger charge is -2.28. The Morgan fingerprint density at radius 3 is 2.40 bits per heavy atom. The van der Waals surface area contributed by atoms with Crippen LogP contribution in [0.3, 0.4) is 0 Å². The van der Waals surface area contributed by atoms with Gasteiger partial charge in [-0.1, -0.05) is 6.07 Å². The number of thiocarbonyl (C=S) groups is 1. The second-order valence-electron chi connectivity index (χ2n) is 10.5. The van der Waals surface area contributed by atoms with Crippen LogP contribution in [0.5, 0.6) is 0 Å². The van der Waals surface area contributed by atoms with Crippen LogP contribution in [0.15, 0.2) is 79.0 Å². The minimum Gasteiger partial charge on any atom is -0.372 e. The fourth-order valence-corrected chi connectivity index (χ4v) is 6.18. The molecule has 218 valence electrons. The van der Waals surface area contributed by atoms with Crippen molar-refractivity contribution >= 4 is 34.6 Å². The summed E-state index contributed by atoms with van der Waals surface area (Å²) in [5, 5.41) is 6.92. The molecule has 1 fully saturated rings. The lowest BCUT2D eigenvalue weighted by Crippen LogP contribution is -2.32. The van der Waals surface area contributed by atoms with Gasteiger partial charge in [-0.25, -0.2) is 4.39 Å². The molecule has 2 N–H and O–H groups in total. The molecular formula is C33H37FN6OS. The van der Waals surface area contributed by atoms with Gasteiger partial charge in [0.25, 0.3) is 0 Å². The van der Waals surface area contributed by atoms with Gasteiger partial charge in [-0.2, -0.15) is 0 Å². The van der Waals surface area contributed by atoms with E-state index < -0.39 is 0 Å². The summed E-state index contributed by atoms with van der Waals surface area (Å²) >= 11 is 5.83. The van der Waals surface area contributed by atoms with Crippen molar-refractivity contribution in [2.45, 2.75) is 46.2 Å². The van der Waals surface area contributed by atoms with Gasteiger partial charge in [0.15, 0.2) is 5.11 Å². The summed E-state index contributed by atoms with van der Waals surface area (Å²) in [7, 11) is 0. The molecule has 9 heteroatoms. The molecule has 0 saturated carbocycles. The van der Waals surface area contributed by atoms with Crippen LogP contribution < -0.4 is 15.5 Å². The molecule has 2 atom stereocenters. The maximum atomic E-state index is 13.3. The van der Waals surface area contributed by atoms with Gasteiger partial charge in [-0.15, -0.1) is 0 Å². The number of pyridine rings is 1. The summed E-state index contributed by atoms with van der Waals surface area (Å²) in [6, 6.07) is 22.2. The molecule has 5 rings (SSSR count). The van der Waals surface area contributed by atoms with E-state index in [0.717, 1.165) is 41.4 Å². The van der Waals surface area contributed by atoms with E-state index in [1.54, 1.807) is 18.3 Å². The average molecular weight is 585 g/mol. The number of carbonyl (C=O) groups excluding carboxylic acids is 1. The Kier molecular flexibility index (Phi) is 8.87. The maximum absolute atomic E-state index is 13.3. The van der Waals surface area contributed by atoms with E-state index in [1.165, 1.54) is 17.8 Å². The summed E-state index contributed by atoms with van der Waals surface area (Å²) in [5.41, 5.74) is 7.10. The Morgan fingerprint density at radius 1 is 1.05 bits per heavy atom. The molecule has 2 aromatic heterocycles. The molecule has 4 aromatic rings. The number of halogens is 1. The predicted octanol–water partition coefficient (Wildman–Crippen LogP) is 6.48. The van der Waals surface area contributed by atoms with Crippen LogP contribution in [0.4, 0.5) is 15.8 Å². The molecule has 3 heterocycles. The van der Waals surface area contributed by atoms with Crippen LogP contribution in [-0.4, -0.2) is 45.1 Å². The molecule has 2 aromatic carbocycles.